The second-order valence-corrected chi connectivity index (χ2v) is 5.34. The van der Waals surface area contributed by atoms with Crippen molar-refractivity contribution in [1.82, 2.24) is 9.55 Å². The molecule has 0 fully saturated rings. The standard InChI is InChI=1S/C20H13N3/c21-13-15-6-9-18(10-7-15)23-14-22-19-11-8-17(12-20(19)23)16-4-2-1-3-5-16/h1-12,14H. The van der Waals surface area contributed by atoms with Crippen LogP contribution in [0.4, 0.5) is 0 Å². The number of fused-ring (bicyclic) bond motifs is 1. The van der Waals surface area contributed by atoms with Crippen molar-refractivity contribution in [2.24, 2.45) is 0 Å². The largest absolute Gasteiger partial charge is 0.299 e. The van der Waals surface area contributed by atoms with E-state index in [9.17, 15) is 0 Å². The summed E-state index contributed by atoms with van der Waals surface area (Å²) >= 11 is 0. The minimum Gasteiger partial charge on any atom is -0.299 e. The molecule has 0 unspecified atom stereocenters. The van der Waals surface area contributed by atoms with Crippen LogP contribution in [0, 0.1) is 11.3 Å². The van der Waals surface area contributed by atoms with Gasteiger partial charge in [0.15, 0.2) is 0 Å². The molecule has 0 N–H and O–H groups in total. The molecule has 0 aliphatic carbocycles. The van der Waals surface area contributed by atoms with Gasteiger partial charge in [0, 0.05) is 5.69 Å². The molecule has 1 heterocycles. The summed E-state index contributed by atoms with van der Waals surface area (Å²) in [5, 5.41) is 8.92. The Morgan fingerprint density at radius 3 is 2.35 bits per heavy atom. The highest BCUT2D eigenvalue weighted by molar-refractivity contribution is 5.83. The first kappa shape index (κ1) is 13.3. The predicted octanol–water partition coefficient (Wildman–Crippen LogP) is 4.56. The van der Waals surface area contributed by atoms with Gasteiger partial charge in [0.2, 0.25) is 0 Å². The highest BCUT2D eigenvalue weighted by Crippen LogP contribution is 2.25. The maximum Gasteiger partial charge on any atom is 0.100 e. The molecule has 3 heteroatoms. The number of hydrogen-bond donors (Lipinski definition) is 0. The number of nitriles is 1. The van der Waals surface area contributed by atoms with Crippen LogP contribution >= 0.6 is 0 Å². The Hall–Kier alpha value is -3.38. The Labute approximate surface area is 134 Å². The molecule has 3 aromatic carbocycles. The molecule has 23 heavy (non-hydrogen) atoms. The third-order valence-corrected chi connectivity index (χ3v) is 3.93. The average molecular weight is 295 g/mol. The molecule has 108 valence electrons. The maximum atomic E-state index is 8.92. The quantitative estimate of drug-likeness (QED) is 0.544. The summed E-state index contributed by atoms with van der Waals surface area (Å²) in [4.78, 5) is 4.47. The smallest absolute Gasteiger partial charge is 0.100 e. The molecule has 0 amide bonds. The number of rotatable bonds is 2. The van der Waals surface area contributed by atoms with E-state index in [1.165, 1.54) is 5.56 Å². The first-order chi connectivity index (χ1) is 11.3. The van der Waals surface area contributed by atoms with Crippen molar-refractivity contribution in [3.8, 4) is 22.9 Å². The fourth-order valence-electron chi connectivity index (χ4n) is 2.72. The van der Waals surface area contributed by atoms with Crippen molar-refractivity contribution >= 4 is 11.0 Å². The molecule has 0 spiro atoms. The van der Waals surface area contributed by atoms with Gasteiger partial charge in [-0.05, 0) is 47.5 Å². The first-order valence-electron chi connectivity index (χ1n) is 7.38. The lowest BCUT2D eigenvalue weighted by Gasteiger charge is -2.06. The van der Waals surface area contributed by atoms with E-state index in [0.29, 0.717) is 5.56 Å². The Morgan fingerprint density at radius 2 is 1.61 bits per heavy atom. The van der Waals surface area contributed by atoms with Gasteiger partial charge in [-0.15, -0.1) is 0 Å². The fraction of sp³-hybridized carbons (Fsp3) is 0. The molecule has 4 aromatic rings. The molecule has 0 aliphatic heterocycles. The summed E-state index contributed by atoms with van der Waals surface area (Å²) in [6, 6.07) is 26.2. The summed E-state index contributed by atoms with van der Waals surface area (Å²) in [5.41, 5.74) is 6.00. The molecular formula is C20H13N3. The van der Waals surface area contributed by atoms with Crippen LogP contribution in [0.5, 0.6) is 0 Å². The highest BCUT2D eigenvalue weighted by atomic mass is 15.0. The molecule has 0 bridgehead atoms. The van der Waals surface area contributed by atoms with Crippen LogP contribution in [0.3, 0.4) is 0 Å². The molecule has 3 nitrogen and oxygen atoms in total. The third kappa shape index (κ3) is 2.37. The number of imidazole rings is 1. The highest BCUT2D eigenvalue weighted by Gasteiger charge is 2.07. The molecule has 1 aromatic heterocycles. The van der Waals surface area contributed by atoms with Crippen molar-refractivity contribution in [2.45, 2.75) is 0 Å². The third-order valence-electron chi connectivity index (χ3n) is 3.93. The summed E-state index contributed by atoms with van der Waals surface area (Å²) in [6.45, 7) is 0. The number of benzene rings is 3. The second kappa shape index (κ2) is 5.43. The van der Waals surface area contributed by atoms with Gasteiger partial charge in [-0.3, -0.25) is 4.57 Å². The minimum atomic E-state index is 0.656. The summed E-state index contributed by atoms with van der Waals surface area (Å²) in [6.07, 6.45) is 1.82. The normalized spacial score (nSPS) is 10.6. The van der Waals surface area contributed by atoms with Gasteiger partial charge in [-0.1, -0.05) is 36.4 Å². The van der Waals surface area contributed by atoms with E-state index in [4.69, 9.17) is 5.26 Å². The number of aromatic nitrogens is 2. The van der Waals surface area contributed by atoms with Gasteiger partial charge in [0.05, 0.1) is 22.7 Å². The SMILES string of the molecule is N#Cc1ccc(-n2cnc3ccc(-c4ccccc4)cc32)cc1. The zero-order valence-electron chi connectivity index (χ0n) is 12.3. The van der Waals surface area contributed by atoms with Crippen LogP contribution < -0.4 is 0 Å². The molecule has 0 atom stereocenters. The summed E-state index contributed by atoms with van der Waals surface area (Å²) in [7, 11) is 0. The Morgan fingerprint density at radius 1 is 0.826 bits per heavy atom. The zero-order chi connectivity index (χ0) is 15.6. The summed E-state index contributed by atoms with van der Waals surface area (Å²) < 4.78 is 2.04. The van der Waals surface area contributed by atoms with Crippen LogP contribution in [0.15, 0.2) is 79.1 Å². The predicted molar refractivity (Wildman–Crippen MR) is 91.2 cm³/mol. The van der Waals surface area contributed by atoms with Crippen molar-refractivity contribution in [3.05, 3.63) is 84.7 Å². The molecule has 0 saturated heterocycles. The van der Waals surface area contributed by atoms with E-state index in [-0.39, 0.29) is 0 Å². The van der Waals surface area contributed by atoms with Gasteiger partial charge in [0.1, 0.15) is 6.33 Å². The van der Waals surface area contributed by atoms with E-state index >= 15 is 0 Å². The lowest BCUT2D eigenvalue weighted by molar-refractivity contribution is 1.09. The molecule has 0 radical (unpaired) electrons. The van der Waals surface area contributed by atoms with Gasteiger partial charge >= 0.3 is 0 Å². The van der Waals surface area contributed by atoms with Crippen LogP contribution in [-0.4, -0.2) is 9.55 Å². The van der Waals surface area contributed by atoms with Crippen LogP contribution in [0.1, 0.15) is 5.56 Å². The zero-order valence-corrected chi connectivity index (χ0v) is 12.3. The lowest BCUT2D eigenvalue weighted by Crippen LogP contribution is -1.92. The Bertz CT molecular complexity index is 1010. The number of nitrogens with zero attached hydrogens (tertiary/aromatic N) is 3. The van der Waals surface area contributed by atoms with Crippen LogP contribution in [-0.2, 0) is 0 Å². The first-order valence-corrected chi connectivity index (χ1v) is 7.38. The van der Waals surface area contributed by atoms with E-state index in [1.807, 2.05) is 59.4 Å². The number of hydrogen-bond acceptors (Lipinski definition) is 2. The van der Waals surface area contributed by atoms with Crippen molar-refractivity contribution in [3.63, 3.8) is 0 Å². The summed E-state index contributed by atoms with van der Waals surface area (Å²) in [5.74, 6) is 0. The molecular weight excluding hydrogens is 282 g/mol. The second-order valence-electron chi connectivity index (χ2n) is 5.34. The average Bonchev–Trinajstić information content (AvgIpc) is 3.05. The van der Waals surface area contributed by atoms with Crippen molar-refractivity contribution in [1.29, 1.82) is 5.26 Å². The van der Waals surface area contributed by atoms with Gasteiger partial charge in [-0.2, -0.15) is 5.26 Å². The van der Waals surface area contributed by atoms with E-state index in [1.54, 1.807) is 0 Å². The fourth-order valence-corrected chi connectivity index (χ4v) is 2.72. The maximum absolute atomic E-state index is 8.92. The van der Waals surface area contributed by atoms with Crippen LogP contribution in [0.2, 0.25) is 0 Å². The van der Waals surface area contributed by atoms with Crippen molar-refractivity contribution in [2.75, 3.05) is 0 Å². The van der Waals surface area contributed by atoms with E-state index < -0.39 is 0 Å². The lowest BCUT2D eigenvalue weighted by atomic mass is 10.1. The molecule has 0 saturated carbocycles. The topological polar surface area (TPSA) is 41.6 Å². The van der Waals surface area contributed by atoms with Crippen LogP contribution in [0.25, 0.3) is 27.8 Å². The van der Waals surface area contributed by atoms with Gasteiger partial charge < -0.3 is 0 Å². The molecule has 4 rings (SSSR count). The monoisotopic (exact) mass is 295 g/mol. The molecule has 0 aliphatic rings. The van der Waals surface area contributed by atoms with E-state index in [0.717, 1.165) is 22.3 Å². The van der Waals surface area contributed by atoms with Crippen molar-refractivity contribution < 1.29 is 0 Å². The minimum absolute atomic E-state index is 0.656. The Kier molecular flexibility index (Phi) is 3.14. The Balaban J connectivity index is 1.86. The van der Waals surface area contributed by atoms with E-state index in [2.05, 4.69) is 35.3 Å². The van der Waals surface area contributed by atoms with Gasteiger partial charge in [0.25, 0.3) is 0 Å². The van der Waals surface area contributed by atoms with Gasteiger partial charge in [-0.25, -0.2) is 4.98 Å².